The van der Waals surface area contributed by atoms with Crippen LogP contribution < -0.4 is 15.4 Å². The van der Waals surface area contributed by atoms with Gasteiger partial charge in [0.15, 0.2) is 10.4 Å². The maximum atomic E-state index is 12.2. The van der Waals surface area contributed by atoms with Gasteiger partial charge in [0.2, 0.25) is 0 Å². The predicted octanol–water partition coefficient (Wildman–Crippen LogP) is 2.95. The number of rotatable bonds is 4. The maximum absolute atomic E-state index is 12.2. The van der Waals surface area contributed by atoms with Gasteiger partial charge >= 0.3 is 5.97 Å². The van der Waals surface area contributed by atoms with E-state index in [1.807, 2.05) is 0 Å². The molecule has 2 N–H and O–H groups in total. The summed E-state index contributed by atoms with van der Waals surface area (Å²) in [6.07, 6.45) is 0. The number of furan rings is 1. The molecule has 9 heteroatoms. The Kier molecular flexibility index (Phi) is 4.73. The lowest BCUT2D eigenvalue weighted by Crippen LogP contribution is -2.55. The molecule has 1 aliphatic rings. The van der Waals surface area contributed by atoms with E-state index in [-0.39, 0.29) is 18.1 Å². The first-order chi connectivity index (χ1) is 12.3. The molecular weight excluding hydrogens is 408 g/mol. The Morgan fingerprint density at radius 1 is 1.31 bits per heavy atom. The van der Waals surface area contributed by atoms with Gasteiger partial charge in [-0.1, -0.05) is 0 Å². The average molecular weight is 423 g/mol. The highest BCUT2D eigenvalue weighted by Gasteiger charge is 2.48. The zero-order valence-corrected chi connectivity index (χ0v) is 15.5. The van der Waals surface area contributed by atoms with Gasteiger partial charge in [0.05, 0.1) is 12.3 Å². The number of halogens is 1. The zero-order chi connectivity index (χ0) is 18.9. The second-order valence-electron chi connectivity index (χ2n) is 5.58. The maximum Gasteiger partial charge on any atom is 0.360 e. The fraction of sp³-hybridized carbons (Fsp3) is 0.235. The number of ether oxygens (including phenoxy) is 2. The quantitative estimate of drug-likeness (QED) is 0.579. The summed E-state index contributed by atoms with van der Waals surface area (Å²) in [5, 5.41) is 5.26. The highest BCUT2D eigenvalue weighted by Crippen LogP contribution is 2.36. The molecule has 0 aliphatic carbocycles. The van der Waals surface area contributed by atoms with E-state index in [1.54, 1.807) is 25.1 Å². The van der Waals surface area contributed by atoms with Crippen LogP contribution in [0, 0.1) is 0 Å². The number of fused-ring (bicyclic) bond motifs is 1. The van der Waals surface area contributed by atoms with Gasteiger partial charge in [0.25, 0.3) is 17.4 Å². The van der Waals surface area contributed by atoms with E-state index in [9.17, 15) is 14.4 Å². The first-order valence-corrected chi connectivity index (χ1v) is 8.51. The summed E-state index contributed by atoms with van der Waals surface area (Å²) < 4.78 is 16.1. The third kappa shape index (κ3) is 3.30. The Labute approximate surface area is 157 Å². The van der Waals surface area contributed by atoms with Gasteiger partial charge in [-0.05, 0) is 54.0 Å². The number of esters is 1. The Balaban J connectivity index is 1.83. The first kappa shape index (κ1) is 18.0. The first-order valence-electron chi connectivity index (χ1n) is 7.72. The minimum absolute atomic E-state index is 0.118. The Morgan fingerprint density at radius 2 is 2.08 bits per heavy atom. The van der Waals surface area contributed by atoms with Crippen molar-refractivity contribution in [3.63, 3.8) is 0 Å². The normalized spacial score (nSPS) is 18.3. The van der Waals surface area contributed by atoms with Crippen LogP contribution in [-0.2, 0) is 14.3 Å². The lowest BCUT2D eigenvalue weighted by molar-refractivity contribution is -0.165. The summed E-state index contributed by atoms with van der Waals surface area (Å²) in [7, 11) is 0. The van der Waals surface area contributed by atoms with Crippen molar-refractivity contribution >= 4 is 45.1 Å². The Morgan fingerprint density at radius 3 is 2.73 bits per heavy atom. The molecular formula is C17H15BrN2O6. The second-order valence-corrected chi connectivity index (χ2v) is 6.36. The third-order valence-corrected chi connectivity index (χ3v) is 4.12. The van der Waals surface area contributed by atoms with Gasteiger partial charge in [-0.3, -0.25) is 9.59 Å². The summed E-state index contributed by atoms with van der Waals surface area (Å²) in [5.41, 5.74) is -1.02. The van der Waals surface area contributed by atoms with Crippen LogP contribution >= 0.6 is 15.9 Å². The number of carbonyl (C=O) groups excluding carboxylic acids is 3. The van der Waals surface area contributed by atoms with Crippen molar-refractivity contribution in [1.29, 1.82) is 0 Å². The fourth-order valence-corrected chi connectivity index (χ4v) is 2.63. The third-order valence-electron chi connectivity index (χ3n) is 3.70. The van der Waals surface area contributed by atoms with Crippen LogP contribution in [-0.4, -0.2) is 30.0 Å². The lowest BCUT2D eigenvalue weighted by atomic mass is 10.0. The summed E-state index contributed by atoms with van der Waals surface area (Å²) in [4.78, 5) is 36.5. The van der Waals surface area contributed by atoms with Crippen molar-refractivity contribution in [2.75, 3.05) is 17.2 Å². The van der Waals surface area contributed by atoms with Crippen molar-refractivity contribution in [3.8, 4) is 5.75 Å². The standard InChI is InChI=1S/C17H15BrN2O6/c1-3-24-16(23)17(2)15(22)20-10-5-4-9(8-12(10)26-17)19-14(21)11-6-7-13(18)25-11/h4-8H,3H2,1-2H3,(H,19,21)(H,20,22). The molecule has 2 aromatic rings. The molecule has 0 saturated carbocycles. The summed E-state index contributed by atoms with van der Waals surface area (Å²) in [6.45, 7) is 3.08. The SMILES string of the molecule is CCOC(=O)C1(C)Oc2cc(NC(=O)c3ccc(Br)o3)ccc2NC1=O. The molecule has 26 heavy (non-hydrogen) atoms. The number of benzene rings is 1. The number of nitrogens with one attached hydrogen (secondary N) is 2. The number of hydrogen-bond donors (Lipinski definition) is 2. The number of hydrogen-bond acceptors (Lipinski definition) is 6. The molecule has 1 atom stereocenters. The predicted molar refractivity (Wildman–Crippen MR) is 95.1 cm³/mol. The smallest absolute Gasteiger partial charge is 0.360 e. The lowest BCUT2D eigenvalue weighted by Gasteiger charge is -2.32. The molecule has 3 rings (SSSR count). The topological polar surface area (TPSA) is 107 Å². The summed E-state index contributed by atoms with van der Waals surface area (Å²) >= 11 is 3.13. The van der Waals surface area contributed by atoms with Gasteiger partial charge in [0.1, 0.15) is 5.75 Å². The van der Waals surface area contributed by atoms with E-state index in [4.69, 9.17) is 13.9 Å². The number of anilines is 2. The molecule has 0 spiro atoms. The van der Waals surface area contributed by atoms with Crippen molar-refractivity contribution in [1.82, 2.24) is 0 Å². The van der Waals surface area contributed by atoms with Gasteiger partial charge in [-0.25, -0.2) is 4.79 Å². The average Bonchev–Trinajstić information content (AvgIpc) is 3.03. The second kappa shape index (κ2) is 6.83. The van der Waals surface area contributed by atoms with Crippen molar-refractivity contribution in [3.05, 3.63) is 40.8 Å². The van der Waals surface area contributed by atoms with Gasteiger partial charge < -0.3 is 24.5 Å². The molecule has 136 valence electrons. The molecule has 1 aliphatic heterocycles. The molecule has 0 saturated heterocycles. The fourth-order valence-electron chi connectivity index (χ4n) is 2.33. The van der Waals surface area contributed by atoms with Crippen LogP contribution in [0.3, 0.4) is 0 Å². The van der Waals surface area contributed by atoms with Crippen molar-refractivity contribution < 1.29 is 28.3 Å². The van der Waals surface area contributed by atoms with E-state index in [0.29, 0.717) is 16.0 Å². The van der Waals surface area contributed by atoms with E-state index in [1.165, 1.54) is 19.1 Å². The zero-order valence-electron chi connectivity index (χ0n) is 13.9. The molecule has 0 bridgehead atoms. The highest BCUT2D eigenvalue weighted by molar-refractivity contribution is 9.10. The Hall–Kier alpha value is -2.81. The minimum atomic E-state index is -1.81. The van der Waals surface area contributed by atoms with Crippen LogP contribution in [0.15, 0.2) is 39.4 Å². The molecule has 0 radical (unpaired) electrons. The van der Waals surface area contributed by atoms with Crippen LogP contribution in [0.25, 0.3) is 0 Å². The molecule has 2 amide bonds. The Bertz CT molecular complexity index is 893. The van der Waals surface area contributed by atoms with Gasteiger partial charge in [-0.2, -0.15) is 0 Å². The molecule has 2 heterocycles. The van der Waals surface area contributed by atoms with Crippen molar-refractivity contribution in [2.45, 2.75) is 19.4 Å². The minimum Gasteiger partial charge on any atom is -0.464 e. The monoisotopic (exact) mass is 422 g/mol. The van der Waals surface area contributed by atoms with Gasteiger partial charge in [0, 0.05) is 11.8 Å². The highest BCUT2D eigenvalue weighted by atomic mass is 79.9. The van der Waals surface area contributed by atoms with Crippen LogP contribution in [0.5, 0.6) is 5.75 Å². The number of carbonyl (C=O) groups is 3. The van der Waals surface area contributed by atoms with Crippen LogP contribution in [0.1, 0.15) is 24.4 Å². The molecule has 0 fully saturated rings. The van der Waals surface area contributed by atoms with E-state index < -0.39 is 23.4 Å². The van der Waals surface area contributed by atoms with E-state index in [2.05, 4.69) is 26.6 Å². The van der Waals surface area contributed by atoms with E-state index in [0.717, 1.165) is 0 Å². The summed E-state index contributed by atoms with van der Waals surface area (Å²) in [6, 6.07) is 7.77. The van der Waals surface area contributed by atoms with Crippen molar-refractivity contribution in [2.24, 2.45) is 0 Å². The largest absolute Gasteiger partial charge is 0.464 e. The number of amides is 2. The van der Waals surface area contributed by atoms with Crippen LogP contribution in [0.2, 0.25) is 0 Å². The van der Waals surface area contributed by atoms with E-state index >= 15 is 0 Å². The molecule has 1 unspecified atom stereocenters. The summed E-state index contributed by atoms with van der Waals surface area (Å²) in [5.74, 6) is -1.51. The molecule has 1 aromatic heterocycles. The molecule has 1 aromatic carbocycles. The van der Waals surface area contributed by atoms with Gasteiger partial charge in [-0.15, -0.1) is 0 Å². The molecule has 8 nitrogen and oxygen atoms in total. The van der Waals surface area contributed by atoms with Crippen LogP contribution in [0.4, 0.5) is 11.4 Å².